The number of hydrogen-bond acceptors (Lipinski definition) is 7. The zero-order valence-electron chi connectivity index (χ0n) is 22.0. The lowest BCUT2D eigenvalue weighted by Gasteiger charge is -2.22. The first kappa shape index (κ1) is 28.8. The van der Waals surface area contributed by atoms with E-state index in [1.165, 1.54) is 23.0 Å². The Labute approximate surface area is 218 Å². The van der Waals surface area contributed by atoms with Gasteiger partial charge in [0, 0.05) is 23.2 Å². The molecule has 36 heavy (non-hydrogen) atoms. The number of carbonyl (C=O) groups is 2. The quantitative estimate of drug-likeness (QED) is 0.180. The first-order valence-electron chi connectivity index (χ1n) is 11.6. The summed E-state index contributed by atoms with van der Waals surface area (Å²) in [6.45, 7) is 12.5. The monoisotopic (exact) mass is 508 g/mol. The summed E-state index contributed by atoms with van der Waals surface area (Å²) in [6, 6.07) is 11.1. The molecular weight excluding hydrogens is 472 g/mol. The minimum Gasteiger partial charge on any atom is -0.393 e. The van der Waals surface area contributed by atoms with E-state index in [1.807, 2.05) is 39.2 Å². The number of aryl methyl sites for hydroxylation is 1. The fourth-order valence-electron chi connectivity index (χ4n) is 3.36. The lowest BCUT2D eigenvalue weighted by atomic mass is 9.86. The second-order valence-corrected chi connectivity index (χ2v) is 10.8. The summed E-state index contributed by atoms with van der Waals surface area (Å²) in [6.07, 6.45) is 3.20. The number of nitrogens with one attached hydrogen (secondary N) is 2. The molecule has 0 aliphatic carbocycles. The molecule has 0 fully saturated rings. The van der Waals surface area contributed by atoms with Gasteiger partial charge in [-0.3, -0.25) is 14.6 Å². The van der Waals surface area contributed by atoms with E-state index in [4.69, 9.17) is 11.6 Å². The lowest BCUT2D eigenvalue weighted by Crippen LogP contribution is -2.34. The molecule has 2 rings (SSSR count). The Morgan fingerprint density at radius 3 is 2.44 bits per heavy atom. The molecule has 0 bridgehead atoms. The maximum absolute atomic E-state index is 13.2. The van der Waals surface area contributed by atoms with Crippen LogP contribution in [0.2, 0.25) is 0 Å². The highest BCUT2D eigenvalue weighted by Crippen LogP contribution is 2.35. The molecule has 2 aromatic carbocycles. The van der Waals surface area contributed by atoms with Crippen molar-refractivity contribution in [2.45, 2.75) is 51.9 Å². The average Bonchev–Trinajstić information content (AvgIpc) is 2.81. The number of hydrazine groups is 1. The van der Waals surface area contributed by atoms with E-state index in [0.717, 1.165) is 11.1 Å². The summed E-state index contributed by atoms with van der Waals surface area (Å²) < 4.78 is 0. The van der Waals surface area contributed by atoms with Crippen molar-refractivity contribution < 1.29 is 9.59 Å². The van der Waals surface area contributed by atoms with Crippen molar-refractivity contribution in [3.8, 4) is 6.07 Å². The van der Waals surface area contributed by atoms with E-state index in [-0.39, 0.29) is 22.9 Å². The van der Waals surface area contributed by atoms with Crippen LogP contribution in [0.3, 0.4) is 0 Å². The van der Waals surface area contributed by atoms with Crippen molar-refractivity contribution in [2.24, 2.45) is 17.5 Å². The SMILES string of the molecule is CSc1c(C#N)cc(C(C)(C)C)cc1NC(=O)c1ccc(C)c(N(N)/C=C(\N)C(=O)NCC(C)C)c1. The number of anilines is 2. The van der Waals surface area contributed by atoms with Crippen LogP contribution in [-0.4, -0.2) is 24.6 Å². The highest BCUT2D eigenvalue weighted by molar-refractivity contribution is 7.98. The molecule has 8 nitrogen and oxygen atoms in total. The first-order valence-corrected chi connectivity index (χ1v) is 12.8. The third-order valence-corrected chi connectivity index (χ3v) is 6.34. The Kier molecular flexibility index (Phi) is 9.56. The maximum Gasteiger partial charge on any atom is 0.268 e. The van der Waals surface area contributed by atoms with Gasteiger partial charge in [-0.2, -0.15) is 5.26 Å². The molecule has 0 saturated heterocycles. The molecule has 6 N–H and O–H groups in total. The highest BCUT2D eigenvalue weighted by atomic mass is 32.2. The van der Waals surface area contributed by atoms with Crippen molar-refractivity contribution in [1.82, 2.24) is 5.32 Å². The Hall–Kier alpha value is -3.48. The third-order valence-electron chi connectivity index (χ3n) is 5.49. The van der Waals surface area contributed by atoms with Gasteiger partial charge < -0.3 is 16.4 Å². The minimum absolute atomic E-state index is 0.0416. The van der Waals surface area contributed by atoms with E-state index in [9.17, 15) is 14.9 Å². The summed E-state index contributed by atoms with van der Waals surface area (Å²) in [7, 11) is 0. The number of amides is 2. The van der Waals surface area contributed by atoms with Crippen LogP contribution in [-0.2, 0) is 10.2 Å². The van der Waals surface area contributed by atoms with Crippen molar-refractivity contribution in [3.63, 3.8) is 0 Å². The summed E-state index contributed by atoms with van der Waals surface area (Å²) in [4.78, 5) is 26.2. The van der Waals surface area contributed by atoms with Crippen molar-refractivity contribution in [3.05, 3.63) is 64.5 Å². The predicted octanol–water partition coefficient (Wildman–Crippen LogP) is 4.39. The largest absolute Gasteiger partial charge is 0.393 e. The predicted molar refractivity (Wildman–Crippen MR) is 148 cm³/mol. The van der Waals surface area contributed by atoms with Gasteiger partial charge in [0.1, 0.15) is 11.8 Å². The van der Waals surface area contributed by atoms with E-state index in [0.29, 0.717) is 33.9 Å². The molecule has 0 aromatic heterocycles. The Morgan fingerprint density at radius 2 is 1.89 bits per heavy atom. The number of nitriles is 1. The number of rotatable bonds is 8. The van der Waals surface area contributed by atoms with E-state index in [2.05, 4.69) is 37.5 Å². The highest BCUT2D eigenvalue weighted by Gasteiger charge is 2.21. The molecule has 192 valence electrons. The maximum atomic E-state index is 13.2. The third kappa shape index (κ3) is 7.26. The fraction of sp³-hybridized carbons (Fsp3) is 0.370. The summed E-state index contributed by atoms with van der Waals surface area (Å²) in [5, 5.41) is 16.6. The van der Waals surface area contributed by atoms with E-state index in [1.54, 1.807) is 18.2 Å². The number of hydrogen-bond donors (Lipinski definition) is 4. The minimum atomic E-state index is -0.415. The molecule has 2 aromatic rings. The van der Waals surface area contributed by atoms with Gasteiger partial charge in [-0.15, -0.1) is 11.8 Å². The number of thioether (sulfide) groups is 1. The second kappa shape index (κ2) is 12.0. The van der Waals surface area contributed by atoms with Crippen LogP contribution in [0.4, 0.5) is 11.4 Å². The molecular formula is C27H36N6O2S. The molecule has 0 aliphatic rings. The second-order valence-electron chi connectivity index (χ2n) is 10.0. The molecule has 0 atom stereocenters. The molecule has 9 heteroatoms. The lowest BCUT2D eigenvalue weighted by molar-refractivity contribution is -0.117. The summed E-state index contributed by atoms with van der Waals surface area (Å²) in [5.74, 6) is 5.71. The summed E-state index contributed by atoms with van der Waals surface area (Å²) in [5.41, 5.74) is 9.40. The normalized spacial score (nSPS) is 11.7. The van der Waals surface area contributed by atoms with Crippen LogP contribution in [0.25, 0.3) is 0 Å². The molecule has 0 heterocycles. The number of carbonyl (C=O) groups excluding carboxylic acids is 2. The molecule has 0 saturated carbocycles. The van der Waals surface area contributed by atoms with Crippen molar-refractivity contribution >= 4 is 35.0 Å². The Balaban J connectivity index is 2.37. The standard InChI is InChI=1S/C27H36N6O2S/c1-16(2)14-31-26(35)21(29)15-33(30)23-11-18(9-8-17(23)3)25(34)32-22-12-20(27(4,5)6)10-19(13-28)24(22)36-7/h8-12,15-16H,14,29-30H2,1-7H3,(H,31,35)(H,32,34)/b21-15-. The van der Waals surface area contributed by atoms with Crippen LogP contribution in [0.15, 0.2) is 47.1 Å². The topological polar surface area (TPSA) is 137 Å². The summed E-state index contributed by atoms with van der Waals surface area (Å²) >= 11 is 1.40. The number of nitrogens with zero attached hydrogens (tertiary/aromatic N) is 2. The van der Waals surface area contributed by atoms with Gasteiger partial charge in [0.15, 0.2) is 0 Å². The van der Waals surface area contributed by atoms with Crippen LogP contribution in [0.1, 0.15) is 61.7 Å². The van der Waals surface area contributed by atoms with Crippen LogP contribution < -0.4 is 27.2 Å². The molecule has 0 unspecified atom stereocenters. The van der Waals surface area contributed by atoms with Gasteiger partial charge in [0.2, 0.25) is 0 Å². The van der Waals surface area contributed by atoms with E-state index < -0.39 is 5.91 Å². The van der Waals surface area contributed by atoms with Gasteiger partial charge in [-0.1, -0.05) is 40.7 Å². The van der Waals surface area contributed by atoms with Gasteiger partial charge in [0.05, 0.1) is 16.9 Å². The van der Waals surface area contributed by atoms with Gasteiger partial charge in [0.25, 0.3) is 11.8 Å². The molecule has 0 spiro atoms. The number of nitrogens with two attached hydrogens (primary N) is 2. The van der Waals surface area contributed by atoms with Gasteiger partial charge >= 0.3 is 0 Å². The average molecular weight is 509 g/mol. The molecule has 0 radical (unpaired) electrons. The van der Waals surface area contributed by atoms with Crippen LogP contribution in [0.5, 0.6) is 0 Å². The van der Waals surface area contributed by atoms with Crippen molar-refractivity contribution in [2.75, 3.05) is 23.1 Å². The first-order chi connectivity index (χ1) is 16.8. The zero-order chi connectivity index (χ0) is 27.2. The van der Waals surface area contributed by atoms with Gasteiger partial charge in [-0.05, 0) is 59.9 Å². The Morgan fingerprint density at radius 1 is 1.22 bits per heavy atom. The smallest absolute Gasteiger partial charge is 0.268 e. The number of benzene rings is 2. The fourth-order valence-corrected chi connectivity index (χ4v) is 4.01. The van der Waals surface area contributed by atoms with Crippen LogP contribution >= 0.6 is 11.8 Å². The molecule has 2 amide bonds. The van der Waals surface area contributed by atoms with Crippen LogP contribution in [0, 0.1) is 24.2 Å². The zero-order valence-corrected chi connectivity index (χ0v) is 22.8. The van der Waals surface area contributed by atoms with E-state index >= 15 is 0 Å². The Bertz CT molecular complexity index is 1210. The van der Waals surface area contributed by atoms with Gasteiger partial charge in [-0.25, -0.2) is 5.84 Å². The molecule has 0 aliphatic heterocycles. The van der Waals surface area contributed by atoms with Crippen molar-refractivity contribution in [1.29, 1.82) is 5.26 Å².